The molecule has 0 aromatic carbocycles. The zero-order valence-electron chi connectivity index (χ0n) is 24.3. The number of hydrogen-bond donors (Lipinski definition) is 1. The lowest BCUT2D eigenvalue weighted by atomic mass is 9.73. The van der Waals surface area contributed by atoms with Crippen molar-refractivity contribution in [3.63, 3.8) is 0 Å². The predicted octanol–water partition coefficient (Wildman–Crippen LogP) is 3.48. The molecule has 0 aliphatic carbocycles. The molecule has 4 heterocycles. The Kier molecular flexibility index (Phi) is 7.41. The van der Waals surface area contributed by atoms with Gasteiger partial charge in [0.1, 0.15) is 29.8 Å². The Bertz CT molecular complexity index is 1030. The van der Waals surface area contributed by atoms with Crippen molar-refractivity contribution in [3.8, 4) is 0 Å². The molecular weight excluding hydrogens is 484 g/mol. The number of fused-ring (bicyclic) bond motifs is 2. The largest absolute Gasteiger partial charge is 0.461 e. The normalized spacial score (nSPS) is 34.9. The highest BCUT2D eigenvalue weighted by Gasteiger charge is 2.76. The number of cyclic esters (lactones) is 1. The molecule has 1 N–H and O–H groups in total. The zero-order valence-corrected chi connectivity index (χ0v) is 24.3. The van der Waals surface area contributed by atoms with Crippen molar-refractivity contribution in [2.24, 2.45) is 23.2 Å². The molecule has 4 aliphatic heterocycles. The van der Waals surface area contributed by atoms with E-state index in [1.807, 2.05) is 43.9 Å². The van der Waals surface area contributed by atoms with Gasteiger partial charge in [-0.05, 0) is 44.1 Å². The number of aliphatic hydroxyl groups is 1. The molecule has 1 unspecified atom stereocenters. The van der Waals surface area contributed by atoms with E-state index in [9.17, 15) is 19.5 Å². The van der Waals surface area contributed by atoms with E-state index in [0.717, 1.165) is 12.8 Å². The summed E-state index contributed by atoms with van der Waals surface area (Å²) in [5.41, 5.74) is -2.94. The molecule has 0 aromatic heterocycles. The van der Waals surface area contributed by atoms with Crippen LogP contribution in [0.1, 0.15) is 74.7 Å². The van der Waals surface area contributed by atoms with Gasteiger partial charge in [-0.3, -0.25) is 14.4 Å². The van der Waals surface area contributed by atoms with Crippen molar-refractivity contribution in [2.45, 2.75) is 103 Å². The lowest BCUT2D eigenvalue weighted by molar-refractivity contribution is -0.164. The molecule has 1 spiro atoms. The number of likely N-dealkylation sites (tertiary alicyclic amines) is 1. The molecule has 38 heavy (non-hydrogen) atoms. The fraction of sp³-hybridized carbons (Fsp3) is 0.767. The second kappa shape index (κ2) is 9.77. The number of aliphatic hydroxyl groups excluding tert-OH is 1. The van der Waals surface area contributed by atoms with Crippen molar-refractivity contribution >= 4 is 17.8 Å². The van der Waals surface area contributed by atoms with E-state index in [0.29, 0.717) is 13.0 Å². The van der Waals surface area contributed by atoms with Crippen molar-refractivity contribution < 1.29 is 29.0 Å². The minimum Gasteiger partial charge on any atom is -0.461 e. The quantitative estimate of drug-likeness (QED) is 0.400. The monoisotopic (exact) mass is 530 g/mol. The summed E-state index contributed by atoms with van der Waals surface area (Å²) >= 11 is 0. The third-order valence-corrected chi connectivity index (χ3v) is 9.17. The van der Waals surface area contributed by atoms with E-state index in [1.165, 1.54) is 0 Å². The van der Waals surface area contributed by atoms with Gasteiger partial charge < -0.3 is 24.4 Å². The van der Waals surface area contributed by atoms with Crippen LogP contribution < -0.4 is 0 Å². The number of carbonyl (C=O) groups is 3. The summed E-state index contributed by atoms with van der Waals surface area (Å²) in [6, 6.07) is -1.58. The number of nitrogens with zero attached hydrogens (tertiary/aromatic N) is 2. The Morgan fingerprint density at radius 3 is 2.32 bits per heavy atom. The van der Waals surface area contributed by atoms with Crippen molar-refractivity contribution in [3.05, 3.63) is 24.3 Å². The SMILES string of the molecule is CC[C@H](C)[C@H](CO)N1C(=O)[C@@H]2[C@@H]3C(=O)OCC=C[C@]3(CC)O[C@@]23C=CCN(C(C)(C)CC(C)(C)C)C(=O)C13. The maximum atomic E-state index is 14.7. The van der Waals surface area contributed by atoms with Crippen LogP contribution in [-0.4, -0.2) is 81.3 Å². The third-order valence-electron chi connectivity index (χ3n) is 9.17. The summed E-state index contributed by atoms with van der Waals surface area (Å²) in [5, 5.41) is 10.5. The van der Waals surface area contributed by atoms with E-state index >= 15 is 0 Å². The molecule has 2 saturated heterocycles. The molecule has 4 rings (SSSR count). The van der Waals surface area contributed by atoms with Gasteiger partial charge in [0.15, 0.2) is 0 Å². The average Bonchev–Trinajstić information content (AvgIpc) is 3.09. The molecule has 7 atom stereocenters. The van der Waals surface area contributed by atoms with E-state index < -0.39 is 46.6 Å². The maximum Gasteiger partial charge on any atom is 0.313 e. The minimum atomic E-state index is -1.34. The van der Waals surface area contributed by atoms with Gasteiger partial charge >= 0.3 is 5.97 Å². The number of hydrogen-bond acceptors (Lipinski definition) is 6. The molecule has 0 radical (unpaired) electrons. The van der Waals surface area contributed by atoms with Gasteiger partial charge in [-0.1, -0.05) is 66.2 Å². The maximum absolute atomic E-state index is 14.7. The van der Waals surface area contributed by atoms with Crippen LogP contribution in [0.25, 0.3) is 0 Å². The van der Waals surface area contributed by atoms with Crippen LogP contribution >= 0.6 is 0 Å². The number of carbonyl (C=O) groups excluding carboxylic acids is 3. The second-order valence-electron chi connectivity index (χ2n) is 13.4. The lowest BCUT2D eigenvalue weighted by Crippen LogP contribution is -2.62. The van der Waals surface area contributed by atoms with Gasteiger partial charge in [-0.2, -0.15) is 0 Å². The Morgan fingerprint density at radius 1 is 1.05 bits per heavy atom. The van der Waals surface area contributed by atoms with Crippen LogP contribution in [0.2, 0.25) is 0 Å². The Hall–Kier alpha value is -2.19. The molecule has 2 amide bonds. The first-order valence-electron chi connectivity index (χ1n) is 14.2. The van der Waals surface area contributed by atoms with Crippen LogP contribution in [0.15, 0.2) is 24.3 Å². The van der Waals surface area contributed by atoms with Gasteiger partial charge in [0.25, 0.3) is 0 Å². The lowest BCUT2D eigenvalue weighted by Gasteiger charge is -2.46. The fourth-order valence-electron chi connectivity index (χ4n) is 7.64. The second-order valence-corrected chi connectivity index (χ2v) is 13.4. The molecule has 8 nitrogen and oxygen atoms in total. The van der Waals surface area contributed by atoms with Gasteiger partial charge in [0, 0.05) is 12.1 Å². The van der Waals surface area contributed by atoms with E-state index in [1.54, 1.807) is 11.0 Å². The first-order chi connectivity index (χ1) is 17.7. The summed E-state index contributed by atoms with van der Waals surface area (Å²) in [7, 11) is 0. The van der Waals surface area contributed by atoms with Gasteiger partial charge in [-0.25, -0.2) is 0 Å². The topological polar surface area (TPSA) is 96.4 Å². The van der Waals surface area contributed by atoms with Crippen LogP contribution in [0.3, 0.4) is 0 Å². The minimum absolute atomic E-state index is 0.0343. The summed E-state index contributed by atoms with van der Waals surface area (Å²) in [6.07, 6.45) is 9.34. The number of amides is 2. The first-order valence-corrected chi connectivity index (χ1v) is 14.2. The molecule has 8 heteroatoms. The number of rotatable bonds is 7. The fourth-order valence-corrected chi connectivity index (χ4v) is 7.64. The third kappa shape index (κ3) is 4.32. The Morgan fingerprint density at radius 2 is 1.74 bits per heavy atom. The molecule has 0 bridgehead atoms. The van der Waals surface area contributed by atoms with E-state index in [2.05, 4.69) is 34.6 Å². The molecular formula is C30H46N2O6. The van der Waals surface area contributed by atoms with Crippen molar-refractivity contribution in [1.29, 1.82) is 0 Å². The standard InChI is InChI=1S/C30H46N2O6/c1-9-19(3)20(17-33)32-23-25(35)31(28(7,8)18-27(4,5)6)15-11-14-30(23)21(24(32)34)22-26(36)37-16-12-13-29(22,10-2)38-30/h11-14,19-23,33H,9-10,15-18H2,1-8H3/t19-,20-,21-,22+,23?,29-,30-/m0/s1. The highest BCUT2D eigenvalue weighted by molar-refractivity contribution is 5.99. The molecule has 212 valence electrons. The molecule has 0 aromatic rings. The first kappa shape index (κ1) is 28.8. The van der Waals surface area contributed by atoms with Gasteiger partial charge in [0.2, 0.25) is 11.8 Å². The highest BCUT2D eigenvalue weighted by atomic mass is 16.6. The van der Waals surface area contributed by atoms with Crippen LogP contribution in [0, 0.1) is 23.2 Å². The summed E-state index contributed by atoms with van der Waals surface area (Å²) in [4.78, 5) is 46.1. The van der Waals surface area contributed by atoms with Crippen LogP contribution in [-0.2, 0) is 23.9 Å². The smallest absolute Gasteiger partial charge is 0.313 e. The molecule has 2 fully saturated rings. The van der Waals surface area contributed by atoms with Crippen LogP contribution in [0.4, 0.5) is 0 Å². The summed E-state index contributed by atoms with van der Waals surface area (Å²) in [6.45, 7) is 16.7. The van der Waals surface area contributed by atoms with Crippen molar-refractivity contribution in [2.75, 3.05) is 19.8 Å². The van der Waals surface area contributed by atoms with Gasteiger partial charge in [0.05, 0.1) is 18.6 Å². The Labute approximate surface area is 227 Å². The number of esters is 1. The van der Waals surface area contributed by atoms with Gasteiger partial charge in [-0.15, -0.1) is 0 Å². The summed E-state index contributed by atoms with van der Waals surface area (Å²) < 4.78 is 12.4. The van der Waals surface area contributed by atoms with E-state index in [4.69, 9.17) is 9.47 Å². The Balaban J connectivity index is 1.92. The zero-order chi connectivity index (χ0) is 28.3. The van der Waals surface area contributed by atoms with Crippen molar-refractivity contribution in [1.82, 2.24) is 9.80 Å². The number of ether oxygens (including phenoxy) is 2. The predicted molar refractivity (Wildman–Crippen MR) is 144 cm³/mol. The molecule has 4 aliphatic rings. The average molecular weight is 531 g/mol. The van der Waals surface area contributed by atoms with Crippen LogP contribution in [0.5, 0.6) is 0 Å². The molecule has 0 saturated carbocycles. The van der Waals surface area contributed by atoms with E-state index in [-0.39, 0.29) is 36.4 Å². The highest BCUT2D eigenvalue weighted by Crippen LogP contribution is 2.59. The summed E-state index contributed by atoms with van der Waals surface area (Å²) in [5.74, 6) is -2.88.